The van der Waals surface area contributed by atoms with Gasteiger partial charge in [0.05, 0.1) is 30.1 Å². The number of esters is 1. The minimum Gasteiger partial charge on any atom is -0.462 e. The highest BCUT2D eigenvalue weighted by Gasteiger charge is 2.36. The van der Waals surface area contributed by atoms with Crippen LogP contribution >= 0.6 is 0 Å². The molecular formula is C29H30N4O4. The first-order valence-corrected chi connectivity index (χ1v) is 12.1. The van der Waals surface area contributed by atoms with E-state index in [1.807, 2.05) is 73.6 Å². The Kier molecular flexibility index (Phi) is 7.79. The summed E-state index contributed by atoms with van der Waals surface area (Å²) in [5, 5.41) is 2.90. The first kappa shape index (κ1) is 25.8. The van der Waals surface area contributed by atoms with E-state index in [1.54, 1.807) is 37.1 Å². The molecule has 1 atom stereocenters. The van der Waals surface area contributed by atoms with Crippen LogP contribution in [-0.4, -0.2) is 62.7 Å². The summed E-state index contributed by atoms with van der Waals surface area (Å²) in [6.45, 7) is 2.33. The molecule has 0 aliphatic carbocycles. The third-order valence-electron chi connectivity index (χ3n) is 6.05. The molecular weight excluding hydrogens is 468 g/mol. The van der Waals surface area contributed by atoms with E-state index < -0.39 is 11.9 Å². The first-order chi connectivity index (χ1) is 17.8. The topological polar surface area (TPSA) is 91.3 Å². The van der Waals surface area contributed by atoms with Gasteiger partial charge < -0.3 is 19.9 Å². The van der Waals surface area contributed by atoms with Gasteiger partial charge in [-0.05, 0) is 68.5 Å². The van der Waals surface area contributed by atoms with Crippen LogP contribution in [0.4, 0.5) is 17.1 Å². The van der Waals surface area contributed by atoms with Crippen LogP contribution in [0.5, 0.6) is 0 Å². The normalized spacial score (nSPS) is 14.8. The van der Waals surface area contributed by atoms with Crippen molar-refractivity contribution in [1.29, 1.82) is 0 Å². The van der Waals surface area contributed by atoms with Crippen LogP contribution in [0.2, 0.25) is 0 Å². The molecule has 37 heavy (non-hydrogen) atoms. The number of amides is 2. The highest BCUT2D eigenvalue weighted by molar-refractivity contribution is 6.24. The van der Waals surface area contributed by atoms with Gasteiger partial charge in [-0.15, -0.1) is 0 Å². The molecule has 1 unspecified atom stereocenters. The maximum atomic E-state index is 13.2. The number of ether oxygens (including phenoxy) is 1. The van der Waals surface area contributed by atoms with E-state index in [9.17, 15) is 14.4 Å². The van der Waals surface area contributed by atoms with Gasteiger partial charge in [0.1, 0.15) is 5.92 Å². The monoisotopic (exact) mass is 498 g/mol. The second-order valence-electron chi connectivity index (χ2n) is 9.01. The summed E-state index contributed by atoms with van der Waals surface area (Å²) >= 11 is 0. The number of hydrogen-bond acceptors (Lipinski definition) is 6. The Hall–Kier alpha value is -4.30. The minimum absolute atomic E-state index is 0.0207. The quantitative estimate of drug-likeness (QED) is 0.371. The van der Waals surface area contributed by atoms with Gasteiger partial charge in [0.25, 0.3) is 0 Å². The average molecular weight is 499 g/mol. The van der Waals surface area contributed by atoms with Crippen molar-refractivity contribution in [3.8, 4) is 0 Å². The number of likely N-dealkylation sites (N-methyl/N-ethyl adjacent to an activating group) is 2. The lowest BCUT2D eigenvalue weighted by molar-refractivity contribution is -0.119. The summed E-state index contributed by atoms with van der Waals surface area (Å²) in [4.78, 5) is 46.1. The summed E-state index contributed by atoms with van der Waals surface area (Å²) in [7, 11) is 5.44. The molecule has 8 nitrogen and oxygen atoms in total. The summed E-state index contributed by atoms with van der Waals surface area (Å²) in [6, 6.07) is 22.0. The molecule has 1 heterocycles. The predicted molar refractivity (Wildman–Crippen MR) is 145 cm³/mol. The van der Waals surface area contributed by atoms with Crippen molar-refractivity contribution in [2.45, 2.75) is 12.8 Å². The Morgan fingerprint density at radius 3 is 2.30 bits per heavy atom. The van der Waals surface area contributed by atoms with E-state index in [4.69, 9.17) is 9.73 Å². The standard InChI is InChI=1S/C29H30N4O4/c1-5-37-29(36)20-11-16-23-24(17-20)31-28(35)26(23)27(19-9-7-6-8-10-19)30-21-12-14-22(15-13-21)33(4)25(34)18-32(2)3/h6-17,26H,5,18H2,1-4H3,(H,31,35). The number of aliphatic imine (C=N–C) groups is 1. The highest BCUT2D eigenvalue weighted by atomic mass is 16.5. The number of carbonyl (C=O) groups is 3. The van der Waals surface area contributed by atoms with Crippen molar-refractivity contribution in [1.82, 2.24) is 4.90 Å². The van der Waals surface area contributed by atoms with Crippen LogP contribution in [0.1, 0.15) is 34.3 Å². The van der Waals surface area contributed by atoms with Gasteiger partial charge in [-0.2, -0.15) is 0 Å². The lowest BCUT2D eigenvalue weighted by Crippen LogP contribution is -2.34. The Morgan fingerprint density at radius 1 is 0.946 bits per heavy atom. The van der Waals surface area contributed by atoms with E-state index >= 15 is 0 Å². The summed E-state index contributed by atoms with van der Waals surface area (Å²) < 4.78 is 5.09. The van der Waals surface area contributed by atoms with Crippen molar-refractivity contribution in [3.63, 3.8) is 0 Å². The predicted octanol–water partition coefficient (Wildman–Crippen LogP) is 4.24. The number of fused-ring (bicyclic) bond motifs is 1. The summed E-state index contributed by atoms with van der Waals surface area (Å²) in [6.07, 6.45) is 0. The number of benzene rings is 3. The smallest absolute Gasteiger partial charge is 0.338 e. The molecule has 1 N–H and O–H groups in total. The van der Waals surface area contributed by atoms with E-state index in [0.717, 1.165) is 16.8 Å². The summed E-state index contributed by atoms with van der Waals surface area (Å²) in [5.41, 5.74) is 4.50. The Bertz CT molecular complexity index is 1330. The van der Waals surface area contributed by atoms with Gasteiger partial charge in [0, 0.05) is 18.4 Å². The average Bonchev–Trinajstić information content (AvgIpc) is 3.22. The number of rotatable bonds is 8. The molecule has 8 heteroatoms. The van der Waals surface area contributed by atoms with Crippen LogP contribution in [0.25, 0.3) is 0 Å². The van der Waals surface area contributed by atoms with Gasteiger partial charge in [0.15, 0.2) is 0 Å². The van der Waals surface area contributed by atoms with Crippen LogP contribution in [0.3, 0.4) is 0 Å². The third kappa shape index (κ3) is 5.76. The molecule has 0 saturated carbocycles. The molecule has 4 rings (SSSR count). The van der Waals surface area contributed by atoms with E-state index in [0.29, 0.717) is 29.2 Å². The molecule has 0 fully saturated rings. The maximum absolute atomic E-state index is 13.2. The molecule has 0 aromatic heterocycles. The Morgan fingerprint density at radius 2 is 1.65 bits per heavy atom. The lowest BCUT2D eigenvalue weighted by Gasteiger charge is -2.20. The molecule has 0 saturated heterocycles. The molecule has 3 aromatic rings. The van der Waals surface area contributed by atoms with Gasteiger partial charge in [-0.1, -0.05) is 36.4 Å². The van der Waals surface area contributed by atoms with Crippen molar-refractivity contribution < 1.29 is 19.1 Å². The molecule has 0 bridgehead atoms. The van der Waals surface area contributed by atoms with Crippen LogP contribution in [0.15, 0.2) is 77.8 Å². The third-order valence-corrected chi connectivity index (χ3v) is 6.05. The fourth-order valence-corrected chi connectivity index (χ4v) is 4.19. The van der Waals surface area contributed by atoms with Crippen molar-refractivity contribution in [2.75, 3.05) is 44.5 Å². The molecule has 1 aliphatic heterocycles. The zero-order chi connectivity index (χ0) is 26.5. The number of nitrogens with zero attached hydrogens (tertiary/aromatic N) is 3. The van der Waals surface area contributed by atoms with Crippen LogP contribution < -0.4 is 10.2 Å². The number of nitrogens with one attached hydrogen (secondary N) is 1. The van der Waals surface area contributed by atoms with Crippen molar-refractivity contribution in [3.05, 3.63) is 89.5 Å². The zero-order valence-corrected chi connectivity index (χ0v) is 21.4. The van der Waals surface area contributed by atoms with E-state index in [-0.39, 0.29) is 18.4 Å². The largest absolute Gasteiger partial charge is 0.462 e. The van der Waals surface area contributed by atoms with Crippen molar-refractivity contribution in [2.24, 2.45) is 4.99 Å². The van der Waals surface area contributed by atoms with E-state index in [1.165, 1.54) is 0 Å². The van der Waals surface area contributed by atoms with Gasteiger partial charge in [0.2, 0.25) is 11.8 Å². The van der Waals surface area contributed by atoms with Gasteiger partial charge in [-0.3, -0.25) is 14.6 Å². The molecule has 3 aromatic carbocycles. The second kappa shape index (κ2) is 11.2. The number of anilines is 2. The maximum Gasteiger partial charge on any atom is 0.338 e. The van der Waals surface area contributed by atoms with E-state index in [2.05, 4.69) is 5.32 Å². The Balaban J connectivity index is 1.70. The number of hydrogen-bond donors (Lipinski definition) is 1. The van der Waals surface area contributed by atoms with Crippen molar-refractivity contribution >= 4 is 40.6 Å². The Labute approximate surface area is 216 Å². The fraction of sp³-hybridized carbons (Fsp3) is 0.241. The first-order valence-electron chi connectivity index (χ1n) is 12.1. The minimum atomic E-state index is -0.655. The number of carbonyl (C=O) groups excluding carboxylic acids is 3. The SMILES string of the molecule is CCOC(=O)c1ccc2c(c1)NC(=O)C2C(=Nc1ccc(N(C)C(=O)CN(C)C)cc1)c1ccccc1. The van der Waals surface area contributed by atoms with Gasteiger partial charge >= 0.3 is 5.97 Å². The molecule has 190 valence electrons. The molecule has 0 radical (unpaired) electrons. The fourth-order valence-electron chi connectivity index (χ4n) is 4.19. The lowest BCUT2D eigenvalue weighted by atomic mass is 9.90. The molecule has 2 amide bonds. The summed E-state index contributed by atoms with van der Waals surface area (Å²) in [5.74, 6) is -1.33. The molecule has 1 aliphatic rings. The molecule has 0 spiro atoms. The highest BCUT2D eigenvalue weighted by Crippen LogP contribution is 2.37. The van der Waals surface area contributed by atoms with Crippen LogP contribution in [0, 0.1) is 0 Å². The van der Waals surface area contributed by atoms with Crippen LogP contribution in [-0.2, 0) is 14.3 Å². The zero-order valence-electron chi connectivity index (χ0n) is 21.4. The second-order valence-corrected chi connectivity index (χ2v) is 9.01. The van der Waals surface area contributed by atoms with Gasteiger partial charge in [-0.25, -0.2) is 4.79 Å².